The van der Waals surface area contributed by atoms with E-state index in [4.69, 9.17) is 0 Å². The molecule has 0 amide bonds. The van der Waals surface area contributed by atoms with E-state index in [1.54, 1.807) is 41.4 Å². The SMILES string of the molecule is O=C(O)CN(CC(O)=Nc1ccccc1)C1CCCC[C@@H]1N(CC(=O)O)Cc1ccccn1.[Fe+2]. The summed E-state index contributed by atoms with van der Waals surface area (Å²) in [4.78, 5) is 35.4. The van der Waals surface area contributed by atoms with E-state index in [0.717, 1.165) is 25.0 Å². The van der Waals surface area contributed by atoms with Crippen LogP contribution in [0.3, 0.4) is 0 Å². The summed E-state index contributed by atoms with van der Waals surface area (Å²) in [5.41, 5.74) is 1.33. The molecule has 3 N–H and O–H groups in total. The molecule has 0 bridgehead atoms. The van der Waals surface area contributed by atoms with E-state index in [0.29, 0.717) is 18.7 Å². The number of aliphatic carboxylic acids is 2. The number of aliphatic hydroxyl groups excluding tert-OH is 1. The Morgan fingerprint density at radius 3 is 2.03 bits per heavy atom. The van der Waals surface area contributed by atoms with Crippen LogP contribution in [0, 0.1) is 0 Å². The van der Waals surface area contributed by atoms with Gasteiger partial charge in [-0.1, -0.05) is 37.1 Å². The fraction of sp³-hybridized carbons (Fsp3) is 0.417. The van der Waals surface area contributed by atoms with Crippen LogP contribution in [0.5, 0.6) is 0 Å². The van der Waals surface area contributed by atoms with Gasteiger partial charge in [-0.3, -0.25) is 24.4 Å². The zero-order chi connectivity index (χ0) is 23.6. The van der Waals surface area contributed by atoms with Crippen molar-refractivity contribution in [1.82, 2.24) is 14.8 Å². The molecule has 1 saturated carbocycles. The molecule has 2 atom stereocenters. The summed E-state index contributed by atoms with van der Waals surface area (Å²) in [6.45, 7) is -0.144. The van der Waals surface area contributed by atoms with Crippen molar-refractivity contribution in [3.05, 3.63) is 60.4 Å². The first kappa shape index (κ1) is 27.5. The van der Waals surface area contributed by atoms with Gasteiger partial charge in [0.25, 0.3) is 0 Å². The number of carboxylic acid groups (broad SMARTS) is 2. The first-order valence-corrected chi connectivity index (χ1v) is 11.1. The number of aromatic nitrogens is 1. The topological polar surface area (TPSA) is 127 Å². The van der Waals surface area contributed by atoms with Crippen molar-refractivity contribution in [1.29, 1.82) is 0 Å². The Morgan fingerprint density at radius 1 is 0.853 bits per heavy atom. The summed E-state index contributed by atoms with van der Waals surface area (Å²) >= 11 is 0. The molecule has 1 aliphatic rings. The van der Waals surface area contributed by atoms with Gasteiger partial charge in [0, 0.05) is 24.8 Å². The average molecular weight is 510 g/mol. The standard InChI is InChI=1S/C24H30N4O5.Fe/c29-22(26-18-8-2-1-3-9-18)15-28(17-24(32)33)21-12-5-4-11-20(21)27(16-23(30)31)14-19-10-6-7-13-25-19;/h1-3,6-10,13,20-21H,4-5,11-12,14-17H2,(H,26,29)(H,30,31)(H,32,33);/q;+2/t20-,21?;/m0./s1. The molecule has 0 spiro atoms. The zero-order valence-electron chi connectivity index (χ0n) is 18.8. The van der Waals surface area contributed by atoms with Gasteiger partial charge in [-0.15, -0.1) is 0 Å². The Hall–Kier alpha value is -2.78. The Morgan fingerprint density at radius 2 is 1.44 bits per heavy atom. The normalized spacial score (nSPS) is 18.5. The number of benzene rings is 1. The Balaban J connectivity index is 0.00000408. The summed E-state index contributed by atoms with van der Waals surface area (Å²) < 4.78 is 0. The van der Waals surface area contributed by atoms with E-state index in [-0.39, 0.29) is 54.7 Å². The third-order valence-corrected chi connectivity index (χ3v) is 5.76. The predicted octanol–water partition coefficient (Wildman–Crippen LogP) is 2.95. The maximum Gasteiger partial charge on any atom is 2.00 e. The summed E-state index contributed by atoms with van der Waals surface area (Å²) in [7, 11) is 0. The van der Waals surface area contributed by atoms with Gasteiger partial charge in [0.2, 0.25) is 5.90 Å². The van der Waals surface area contributed by atoms with E-state index < -0.39 is 11.9 Å². The third-order valence-electron chi connectivity index (χ3n) is 5.76. The van der Waals surface area contributed by atoms with E-state index in [1.807, 2.05) is 23.1 Å². The Labute approximate surface area is 209 Å². The second-order valence-electron chi connectivity index (χ2n) is 8.20. The van der Waals surface area contributed by atoms with Crippen molar-refractivity contribution in [2.75, 3.05) is 19.6 Å². The largest absolute Gasteiger partial charge is 2.00 e. The van der Waals surface area contributed by atoms with Gasteiger partial charge in [0.15, 0.2) is 0 Å². The van der Waals surface area contributed by atoms with Crippen LogP contribution in [-0.2, 0) is 33.2 Å². The quantitative estimate of drug-likeness (QED) is 0.239. The zero-order valence-corrected chi connectivity index (χ0v) is 19.9. The molecule has 0 saturated heterocycles. The van der Waals surface area contributed by atoms with Crippen LogP contribution in [-0.4, -0.2) is 79.7 Å². The molecule has 1 aromatic heterocycles. The number of hydrogen-bond donors (Lipinski definition) is 3. The monoisotopic (exact) mass is 510 g/mol. The summed E-state index contributed by atoms with van der Waals surface area (Å²) in [5.74, 6) is -2.14. The molecule has 1 unspecified atom stereocenters. The van der Waals surface area contributed by atoms with Crippen LogP contribution >= 0.6 is 0 Å². The summed E-state index contributed by atoms with van der Waals surface area (Å²) in [6.07, 6.45) is 4.93. The van der Waals surface area contributed by atoms with Crippen LogP contribution in [0.2, 0.25) is 0 Å². The molecule has 3 rings (SSSR count). The number of rotatable bonds is 11. The maximum absolute atomic E-state index is 11.7. The number of carboxylic acids is 2. The molecule has 0 aliphatic heterocycles. The molecule has 10 heteroatoms. The van der Waals surface area contributed by atoms with Crippen LogP contribution in [0.4, 0.5) is 5.69 Å². The molecular weight excluding hydrogens is 480 g/mol. The molecule has 9 nitrogen and oxygen atoms in total. The summed E-state index contributed by atoms with van der Waals surface area (Å²) in [6, 6.07) is 14.0. The van der Waals surface area contributed by atoms with E-state index >= 15 is 0 Å². The van der Waals surface area contributed by atoms with Gasteiger partial charge in [-0.2, -0.15) is 0 Å². The molecular formula is C24H30FeN4O5+2. The first-order chi connectivity index (χ1) is 15.9. The van der Waals surface area contributed by atoms with Gasteiger partial charge in [-0.25, -0.2) is 4.99 Å². The average Bonchev–Trinajstić information content (AvgIpc) is 2.79. The molecule has 1 heterocycles. The first-order valence-electron chi connectivity index (χ1n) is 11.1. The van der Waals surface area contributed by atoms with Crippen LogP contribution in [0.15, 0.2) is 59.7 Å². The van der Waals surface area contributed by atoms with Crippen molar-refractivity contribution in [2.24, 2.45) is 4.99 Å². The third kappa shape index (κ3) is 8.53. The van der Waals surface area contributed by atoms with Crippen LogP contribution in [0.1, 0.15) is 31.4 Å². The fourth-order valence-electron chi connectivity index (χ4n) is 4.44. The molecule has 34 heavy (non-hydrogen) atoms. The predicted molar refractivity (Wildman–Crippen MR) is 124 cm³/mol. The Bertz CT molecular complexity index is 945. The van der Waals surface area contributed by atoms with Crippen molar-refractivity contribution in [3.8, 4) is 0 Å². The second-order valence-corrected chi connectivity index (χ2v) is 8.20. The van der Waals surface area contributed by atoms with Gasteiger partial charge < -0.3 is 15.3 Å². The van der Waals surface area contributed by atoms with Gasteiger partial charge in [0.05, 0.1) is 31.0 Å². The number of nitrogens with zero attached hydrogens (tertiary/aromatic N) is 4. The van der Waals surface area contributed by atoms with E-state index in [9.17, 15) is 24.9 Å². The van der Waals surface area contributed by atoms with Crippen LogP contribution < -0.4 is 0 Å². The molecule has 2 aromatic rings. The number of carbonyl (C=O) groups is 2. The second kappa shape index (κ2) is 13.8. The summed E-state index contributed by atoms with van der Waals surface area (Å²) in [5, 5.41) is 29.6. The molecule has 182 valence electrons. The van der Waals surface area contributed by atoms with E-state index in [1.165, 1.54) is 0 Å². The number of para-hydroxylation sites is 1. The van der Waals surface area contributed by atoms with Gasteiger partial charge >= 0.3 is 29.0 Å². The van der Waals surface area contributed by atoms with Gasteiger partial charge in [0.1, 0.15) is 0 Å². The van der Waals surface area contributed by atoms with Crippen molar-refractivity contribution < 1.29 is 42.0 Å². The number of aliphatic hydroxyl groups is 1. The minimum atomic E-state index is -1.01. The molecule has 1 fully saturated rings. The maximum atomic E-state index is 11.7. The van der Waals surface area contributed by atoms with Crippen molar-refractivity contribution in [3.63, 3.8) is 0 Å². The number of pyridine rings is 1. The van der Waals surface area contributed by atoms with Crippen molar-refractivity contribution >= 4 is 23.5 Å². The van der Waals surface area contributed by atoms with E-state index in [2.05, 4.69) is 9.98 Å². The number of hydrogen-bond acceptors (Lipinski definition) is 6. The number of aliphatic imine (C=N–C) groups is 1. The minimum Gasteiger partial charge on any atom is -0.495 e. The molecule has 0 radical (unpaired) electrons. The van der Waals surface area contributed by atoms with Crippen LogP contribution in [0.25, 0.3) is 0 Å². The minimum absolute atomic E-state index is 0. The van der Waals surface area contributed by atoms with Gasteiger partial charge in [-0.05, 0) is 37.1 Å². The molecule has 1 aliphatic carbocycles. The fourth-order valence-corrected chi connectivity index (χ4v) is 4.44. The van der Waals surface area contributed by atoms with Crippen molar-refractivity contribution in [2.45, 2.75) is 44.3 Å². The smallest absolute Gasteiger partial charge is 0.495 e. The molecule has 1 aromatic carbocycles. The Kier molecular flexibility index (Phi) is 11.2.